The highest BCUT2D eigenvalue weighted by molar-refractivity contribution is 6.04. The fraction of sp³-hybridized carbons (Fsp3) is 0.188. The Morgan fingerprint density at radius 3 is 2.52 bits per heavy atom. The van der Waals surface area contributed by atoms with Gasteiger partial charge in [-0.15, -0.1) is 0 Å². The van der Waals surface area contributed by atoms with Crippen LogP contribution in [0.25, 0.3) is 0 Å². The van der Waals surface area contributed by atoms with Gasteiger partial charge >= 0.3 is 6.61 Å². The van der Waals surface area contributed by atoms with Gasteiger partial charge in [-0.05, 0) is 25.1 Å². The number of methoxy groups -OCH3 is 1. The summed E-state index contributed by atoms with van der Waals surface area (Å²) in [6.45, 7) is -1.50. The molecule has 0 aliphatic carbocycles. The first kappa shape index (κ1) is 18.1. The van der Waals surface area contributed by atoms with Gasteiger partial charge in [-0.2, -0.15) is 8.78 Å². The molecule has 0 saturated carbocycles. The summed E-state index contributed by atoms with van der Waals surface area (Å²) in [5, 5.41) is 13.4. The van der Waals surface area contributed by atoms with Crippen molar-refractivity contribution in [2.24, 2.45) is 0 Å². The number of halogens is 2. The molecular formula is C16H14F2N2O5. The summed E-state index contributed by atoms with van der Waals surface area (Å²) in [5.74, 6) is -0.800. The van der Waals surface area contributed by atoms with Crippen LogP contribution in [0.5, 0.6) is 11.5 Å². The molecule has 0 atom stereocenters. The van der Waals surface area contributed by atoms with Crippen molar-refractivity contribution in [1.29, 1.82) is 0 Å². The highest BCUT2D eigenvalue weighted by Gasteiger charge is 2.16. The van der Waals surface area contributed by atoms with Crippen LogP contribution in [0.15, 0.2) is 36.4 Å². The number of nitrogens with zero attached hydrogens (tertiary/aromatic N) is 1. The summed E-state index contributed by atoms with van der Waals surface area (Å²) in [6, 6.07) is 7.98. The van der Waals surface area contributed by atoms with E-state index in [2.05, 4.69) is 10.1 Å². The molecule has 0 heterocycles. The van der Waals surface area contributed by atoms with Crippen molar-refractivity contribution in [3.8, 4) is 11.5 Å². The van der Waals surface area contributed by atoms with E-state index in [4.69, 9.17) is 4.74 Å². The normalized spacial score (nSPS) is 10.4. The lowest BCUT2D eigenvalue weighted by molar-refractivity contribution is -0.385. The number of carbonyl (C=O) groups is 1. The molecule has 0 aliphatic heterocycles. The molecule has 25 heavy (non-hydrogen) atoms. The molecule has 1 amide bonds. The average Bonchev–Trinajstić information content (AvgIpc) is 2.54. The Bertz CT molecular complexity index is 811. The molecule has 0 aromatic heterocycles. The first-order valence-electron chi connectivity index (χ1n) is 7.01. The zero-order valence-corrected chi connectivity index (χ0v) is 13.3. The van der Waals surface area contributed by atoms with Gasteiger partial charge in [0.15, 0.2) is 11.5 Å². The molecule has 0 unspecified atom stereocenters. The van der Waals surface area contributed by atoms with E-state index in [0.717, 1.165) is 6.07 Å². The number of anilines is 1. The Morgan fingerprint density at radius 1 is 1.20 bits per heavy atom. The van der Waals surface area contributed by atoms with E-state index in [1.54, 1.807) is 6.92 Å². The number of rotatable bonds is 6. The van der Waals surface area contributed by atoms with E-state index < -0.39 is 17.4 Å². The van der Waals surface area contributed by atoms with Crippen molar-refractivity contribution in [3.63, 3.8) is 0 Å². The number of nitro benzene ring substituents is 1. The van der Waals surface area contributed by atoms with Crippen LogP contribution in [0.1, 0.15) is 15.9 Å². The van der Waals surface area contributed by atoms with Gasteiger partial charge in [0.25, 0.3) is 11.6 Å². The average molecular weight is 352 g/mol. The molecule has 1 N–H and O–H groups in total. The summed E-state index contributed by atoms with van der Waals surface area (Å²) in [4.78, 5) is 22.6. The predicted molar refractivity (Wildman–Crippen MR) is 85.4 cm³/mol. The second-order valence-electron chi connectivity index (χ2n) is 4.96. The van der Waals surface area contributed by atoms with E-state index in [1.165, 1.54) is 37.4 Å². The third-order valence-electron chi connectivity index (χ3n) is 3.31. The van der Waals surface area contributed by atoms with Crippen molar-refractivity contribution in [1.82, 2.24) is 0 Å². The Labute approximate surface area is 141 Å². The Kier molecular flexibility index (Phi) is 5.48. The molecule has 2 aromatic carbocycles. The first-order chi connectivity index (χ1) is 11.8. The summed E-state index contributed by atoms with van der Waals surface area (Å²) in [7, 11) is 1.29. The number of carbonyl (C=O) groups excluding carboxylic acids is 1. The molecule has 0 aliphatic rings. The summed E-state index contributed by atoms with van der Waals surface area (Å²) in [6.07, 6.45) is 0. The highest BCUT2D eigenvalue weighted by atomic mass is 19.3. The fourth-order valence-corrected chi connectivity index (χ4v) is 2.09. The van der Waals surface area contributed by atoms with Crippen LogP contribution in [0.3, 0.4) is 0 Å². The van der Waals surface area contributed by atoms with Gasteiger partial charge in [-0.25, -0.2) is 0 Å². The number of hydrogen-bond acceptors (Lipinski definition) is 5. The molecule has 2 rings (SSSR count). The maximum atomic E-state index is 12.4. The standard InChI is InChI=1S/C16H14F2N2O5/c1-9-3-4-10(7-12(9)20(22)23)15(21)19-11-5-6-13(24-2)14(8-11)25-16(17)18/h3-8,16H,1-2H3,(H,19,21). The van der Waals surface area contributed by atoms with Crippen molar-refractivity contribution < 1.29 is 28.0 Å². The van der Waals surface area contributed by atoms with E-state index in [-0.39, 0.29) is 28.4 Å². The van der Waals surface area contributed by atoms with Crippen LogP contribution in [0, 0.1) is 17.0 Å². The highest BCUT2D eigenvalue weighted by Crippen LogP contribution is 2.31. The molecule has 132 valence electrons. The monoisotopic (exact) mass is 352 g/mol. The number of nitrogens with one attached hydrogen (secondary N) is 1. The van der Waals surface area contributed by atoms with E-state index in [9.17, 15) is 23.7 Å². The SMILES string of the molecule is COc1ccc(NC(=O)c2ccc(C)c([N+](=O)[O-])c2)cc1OC(F)F. The second-order valence-corrected chi connectivity index (χ2v) is 4.96. The molecule has 2 aromatic rings. The van der Waals surface area contributed by atoms with Crippen LogP contribution in [0.2, 0.25) is 0 Å². The molecule has 0 saturated heterocycles. The third-order valence-corrected chi connectivity index (χ3v) is 3.31. The largest absolute Gasteiger partial charge is 0.493 e. The van der Waals surface area contributed by atoms with Gasteiger partial charge in [0.05, 0.1) is 12.0 Å². The molecule has 0 bridgehead atoms. The predicted octanol–water partition coefficient (Wildman–Crippen LogP) is 3.77. The number of amides is 1. The number of benzene rings is 2. The van der Waals surface area contributed by atoms with Crippen molar-refractivity contribution in [2.45, 2.75) is 13.5 Å². The molecular weight excluding hydrogens is 338 g/mol. The Hall–Kier alpha value is -3.23. The van der Waals surface area contributed by atoms with E-state index in [0.29, 0.717) is 5.56 Å². The van der Waals surface area contributed by atoms with Crippen LogP contribution >= 0.6 is 0 Å². The minimum Gasteiger partial charge on any atom is -0.493 e. The summed E-state index contributed by atoms with van der Waals surface area (Å²) in [5.41, 5.74) is 0.455. The van der Waals surface area contributed by atoms with Gasteiger partial charge in [0.2, 0.25) is 0 Å². The fourth-order valence-electron chi connectivity index (χ4n) is 2.09. The number of hydrogen-bond donors (Lipinski definition) is 1. The van der Waals surface area contributed by atoms with Crippen LogP contribution < -0.4 is 14.8 Å². The lowest BCUT2D eigenvalue weighted by Gasteiger charge is -2.12. The third kappa shape index (κ3) is 4.40. The molecule has 9 heteroatoms. The lowest BCUT2D eigenvalue weighted by atomic mass is 10.1. The van der Waals surface area contributed by atoms with Gasteiger partial charge in [-0.1, -0.05) is 6.07 Å². The number of nitro groups is 1. The van der Waals surface area contributed by atoms with Gasteiger partial charge in [-0.3, -0.25) is 14.9 Å². The van der Waals surface area contributed by atoms with Crippen LogP contribution in [-0.4, -0.2) is 24.6 Å². The van der Waals surface area contributed by atoms with Gasteiger partial charge in [0, 0.05) is 28.9 Å². The smallest absolute Gasteiger partial charge is 0.387 e. The van der Waals surface area contributed by atoms with Gasteiger partial charge < -0.3 is 14.8 Å². The molecule has 0 radical (unpaired) electrons. The Morgan fingerprint density at radius 2 is 1.92 bits per heavy atom. The Balaban J connectivity index is 2.26. The maximum absolute atomic E-state index is 12.4. The maximum Gasteiger partial charge on any atom is 0.387 e. The van der Waals surface area contributed by atoms with E-state index in [1.807, 2.05) is 0 Å². The van der Waals surface area contributed by atoms with Gasteiger partial charge in [0.1, 0.15) is 0 Å². The zero-order valence-electron chi connectivity index (χ0n) is 13.3. The van der Waals surface area contributed by atoms with Crippen molar-refractivity contribution >= 4 is 17.3 Å². The number of alkyl halides is 2. The lowest BCUT2D eigenvalue weighted by Crippen LogP contribution is -2.13. The molecule has 0 fully saturated rings. The van der Waals surface area contributed by atoms with Crippen molar-refractivity contribution in [3.05, 3.63) is 57.6 Å². The zero-order chi connectivity index (χ0) is 18.6. The quantitative estimate of drug-likeness (QED) is 0.631. The molecule has 0 spiro atoms. The minimum atomic E-state index is -3.06. The number of ether oxygens (including phenoxy) is 2. The summed E-state index contributed by atoms with van der Waals surface area (Å²) < 4.78 is 34.1. The van der Waals surface area contributed by atoms with Crippen molar-refractivity contribution in [2.75, 3.05) is 12.4 Å². The van der Waals surface area contributed by atoms with E-state index >= 15 is 0 Å². The number of aryl methyl sites for hydroxylation is 1. The van der Waals surface area contributed by atoms with Crippen LogP contribution in [-0.2, 0) is 0 Å². The molecule has 7 nitrogen and oxygen atoms in total. The first-order valence-corrected chi connectivity index (χ1v) is 7.01. The van der Waals surface area contributed by atoms with Crippen LogP contribution in [0.4, 0.5) is 20.2 Å². The second kappa shape index (κ2) is 7.56. The summed E-state index contributed by atoms with van der Waals surface area (Å²) >= 11 is 0. The minimum absolute atomic E-state index is 0.0597. The topological polar surface area (TPSA) is 90.7 Å².